The van der Waals surface area contributed by atoms with E-state index in [9.17, 15) is 14.4 Å². The fourth-order valence-electron chi connectivity index (χ4n) is 2.57. The molecule has 9 heteroatoms. The summed E-state index contributed by atoms with van der Waals surface area (Å²) in [6.07, 6.45) is 3.13. The molecule has 0 fully saturated rings. The van der Waals surface area contributed by atoms with Crippen molar-refractivity contribution in [3.63, 3.8) is 0 Å². The van der Waals surface area contributed by atoms with Crippen molar-refractivity contribution >= 4 is 40.4 Å². The van der Waals surface area contributed by atoms with Gasteiger partial charge in [0.2, 0.25) is 0 Å². The minimum absolute atomic E-state index is 0.0132. The molecule has 26 heavy (non-hydrogen) atoms. The van der Waals surface area contributed by atoms with Crippen molar-refractivity contribution < 1.29 is 4.79 Å². The number of nitrogens with two attached hydrogens (primary N) is 1. The first-order valence-corrected chi connectivity index (χ1v) is 9.79. The molecule has 0 aliphatic carbocycles. The van der Waals surface area contributed by atoms with Crippen LogP contribution in [0, 0.1) is 0 Å². The molecule has 7 nitrogen and oxygen atoms in total. The number of H-pyrrole nitrogens is 1. The molecule has 0 saturated heterocycles. The minimum atomic E-state index is -0.660. The Labute approximate surface area is 160 Å². The van der Waals surface area contributed by atoms with Gasteiger partial charge in [-0.05, 0) is 25.0 Å². The van der Waals surface area contributed by atoms with E-state index in [4.69, 9.17) is 17.3 Å². The summed E-state index contributed by atoms with van der Waals surface area (Å²) in [6, 6.07) is 3.25. The molecule has 0 radical (unpaired) electrons. The third-order valence-corrected chi connectivity index (χ3v) is 5.20. The first-order valence-electron chi connectivity index (χ1n) is 8.60. The number of amides is 1. The van der Waals surface area contributed by atoms with Crippen molar-refractivity contribution in [2.75, 3.05) is 17.2 Å². The Morgan fingerprint density at radius 1 is 1.27 bits per heavy atom. The number of anilines is 2. The zero-order valence-electron chi connectivity index (χ0n) is 14.9. The molecule has 0 atom stereocenters. The lowest BCUT2D eigenvalue weighted by molar-refractivity contribution is 0.0990. The predicted molar refractivity (Wildman–Crippen MR) is 107 cm³/mol. The highest BCUT2D eigenvalue weighted by atomic mass is 35.5. The largest absolute Gasteiger partial charge is 0.383 e. The highest BCUT2D eigenvalue weighted by Crippen LogP contribution is 2.26. The molecule has 2 aromatic heterocycles. The predicted octanol–water partition coefficient (Wildman–Crippen LogP) is 3.08. The van der Waals surface area contributed by atoms with Crippen LogP contribution in [0.1, 0.15) is 49.2 Å². The van der Waals surface area contributed by atoms with E-state index in [0.717, 1.165) is 30.6 Å². The maximum atomic E-state index is 13.0. The van der Waals surface area contributed by atoms with Gasteiger partial charge in [-0.1, -0.05) is 38.3 Å². The van der Waals surface area contributed by atoms with E-state index >= 15 is 0 Å². The lowest BCUT2D eigenvalue weighted by Gasteiger charge is -2.24. The Balaban J connectivity index is 2.55. The third-order valence-electron chi connectivity index (χ3n) is 3.98. The standard InChI is InChI=1S/C17H23ClN4O3S/c1-3-5-9-21(16(24)11-7-8-12(18)26-11)13-14(19)22(10-6-4-2)17(25)20-15(13)23/h7-8H,3-6,9-10,19H2,1-2H3,(H,20,23,25). The Morgan fingerprint density at radius 2 is 1.96 bits per heavy atom. The monoisotopic (exact) mass is 398 g/mol. The lowest BCUT2D eigenvalue weighted by atomic mass is 10.2. The number of hydrogen-bond acceptors (Lipinski definition) is 5. The molecule has 2 heterocycles. The molecule has 0 unspecified atom stereocenters. The van der Waals surface area contributed by atoms with E-state index in [0.29, 0.717) is 28.7 Å². The normalized spacial score (nSPS) is 10.9. The topological polar surface area (TPSA) is 101 Å². The summed E-state index contributed by atoms with van der Waals surface area (Å²) in [5.41, 5.74) is 4.94. The molecule has 0 aliphatic heterocycles. The number of aromatic nitrogens is 2. The van der Waals surface area contributed by atoms with Gasteiger partial charge in [0.1, 0.15) is 5.82 Å². The van der Waals surface area contributed by atoms with Crippen LogP contribution < -0.4 is 21.9 Å². The van der Waals surface area contributed by atoms with E-state index in [1.54, 1.807) is 12.1 Å². The van der Waals surface area contributed by atoms with Gasteiger partial charge in [0, 0.05) is 13.1 Å². The smallest absolute Gasteiger partial charge is 0.330 e. The summed E-state index contributed by atoms with van der Waals surface area (Å²) < 4.78 is 1.80. The Bertz CT molecular complexity index is 887. The van der Waals surface area contributed by atoms with Crippen molar-refractivity contribution in [2.24, 2.45) is 0 Å². The zero-order valence-corrected chi connectivity index (χ0v) is 16.5. The average Bonchev–Trinajstić information content (AvgIpc) is 3.03. The molecular weight excluding hydrogens is 376 g/mol. The van der Waals surface area contributed by atoms with Gasteiger partial charge in [-0.3, -0.25) is 24.0 Å². The van der Waals surface area contributed by atoms with Crippen LogP contribution in [0.5, 0.6) is 0 Å². The van der Waals surface area contributed by atoms with Crippen LogP contribution in [0.2, 0.25) is 4.34 Å². The number of carbonyl (C=O) groups is 1. The van der Waals surface area contributed by atoms with Crippen LogP contribution in [0.3, 0.4) is 0 Å². The summed E-state index contributed by atoms with van der Waals surface area (Å²) in [6.45, 7) is 4.68. The Kier molecular flexibility index (Phi) is 7.05. The van der Waals surface area contributed by atoms with E-state index in [2.05, 4.69) is 4.98 Å². The molecule has 0 bridgehead atoms. The molecule has 142 valence electrons. The number of thiophene rings is 1. The van der Waals surface area contributed by atoms with Crippen LogP contribution in [0.15, 0.2) is 21.7 Å². The first kappa shape index (κ1) is 20.3. The van der Waals surface area contributed by atoms with Gasteiger partial charge < -0.3 is 5.73 Å². The molecule has 0 spiro atoms. The molecule has 1 amide bonds. The van der Waals surface area contributed by atoms with Gasteiger partial charge in [0.25, 0.3) is 11.5 Å². The fraction of sp³-hybridized carbons (Fsp3) is 0.471. The second-order valence-corrected chi connectivity index (χ2v) is 7.63. The quantitative estimate of drug-likeness (QED) is 0.713. The van der Waals surface area contributed by atoms with E-state index < -0.39 is 11.2 Å². The SMILES string of the molecule is CCCCN(C(=O)c1ccc(Cl)s1)c1c(N)n(CCCC)c(=O)[nH]c1=O. The van der Waals surface area contributed by atoms with E-state index in [-0.39, 0.29) is 17.4 Å². The second kappa shape index (κ2) is 9.05. The van der Waals surface area contributed by atoms with Crippen LogP contribution >= 0.6 is 22.9 Å². The van der Waals surface area contributed by atoms with Gasteiger partial charge >= 0.3 is 5.69 Å². The zero-order chi connectivity index (χ0) is 19.3. The summed E-state index contributed by atoms with van der Waals surface area (Å²) in [5.74, 6) is -0.340. The number of rotatable bonds is 8. The summed E-state index contributed by atoms with van der Waals surface area (Å²) in [4.78, 5) is 41.6. The molecule has 3 N–H and O–H groups in total. The number of nitrogen functional groups attached to an aromatic ring is 1. The van der Waals surface area contributed by atoms with Gasteiger partial charge in [0.05, 0.1) is 9.21 Å². The minimum Gasteiger partial charge on any atom is -0.383 e. The number of hydrogen-bond donors (Lipinski definition) is 2. The summed E-state index contributed by atoms with van der Waals surface area (Å²) in [5, 5.41) is 0. The number of nitrogens with one attached hydrogen (secondary N) is 1. The first-order chi connectivity index (χ1) is 12.4. The lowest BCUT2D eigenvalue weighted by Crippen LogP contribution is -2.41. The van der Waals surface area contributed by atoms with Crippen molar-refractivity contribution in [3.8, 4) is 0 Å². The van der Waals surface area contributed by atoms with Crippen LogP contribution in [0.4, 0.5) is 11.5 Å². The molecule has 0 saturated carbocycles. The van der Waals surface area contributed by atoms with Gasteiger partial charge in [-0.25, -0.2) is 4.79 Å². The van der Waals surface area contributed by atoms with Gasteiger partial charge in [0.15, 0.2) is 5.69 Å². The van der Waals surface area contributed by atoms with Crippen molar-refractivity contribution in [1.82, 2.24) is 9.55 Å². The molecule has 2 aromatic rings. The number of halogens is 1. The highest BCUT2D eigenvalue weighted by Gasteiger charge is 2.25. The fourth-order valence-corrected chi connectivity index (χ4v) is 3.56. The molecule has 0 aliphatic rings. The number of nitrogens with zero attached hydrogens (tertiary/aromatic N) is 2. The summed E-state index contributed by atoms with van der Waals surface area (Å²) in [7, 11) is 0. The average molecular weight is 399 g/mol. The molecule has 0 aromatic carbocycles. The maximum absolute atomic E-state index is 13.0. The van der Waals surface area contributed by atoms with E-state index in [1.165, 1.54) is 9.47 Å². The summed E-state index contributed by atoms with van der Waals surface area (Å²) >= 11 is 7.07. The highest BCUT2D eigenvalue weighted by molar-refractivity contribution is 7.18. The molecular formula is C17H23ClN4O3S. The van der Waals surface area contributed by atoms with Crippen LogP contribution in [-0.4, -0.2) is 22.0 Å². The number of aromatic amines is 1. The van der Waals surface area contributed by atoms with E-state index in [1.807, 2.05) is 13.8 Å². The third kappa shape index (κ3) is 4.37. The van der Waals surface area contributed by atoms with Crippen LogP contribution in [-0.2, 0) is 6.54 Å². The second-order valence-electron chi connectivity index (χ2n) is 5.91. The maximum Gasteiger partial charge on any atom is 0.330 e. The molecule has 2 rings (SSSR count). The van der Waals surface area contributed by atoms with Crippen molar-refractivity contribution in [2.45, 2.75) is 46.1 Å². The Morgan fingerprint density at radius 3 is 2.54 bits per heavy atom. The van der Waals surface area contributed by atoms with Crippen LogP contribution in [0.25, 0.3) is 0 Å². The van der Waals surface area contributed by atoms with Gasteiger partial charge in [-0.2, -0.15) is 0 Å². The Hall–Kier alpha value is -2.06. The number of carbonyl (C=O) groups excluding carboxylic acids is 1. The van der Waals surface area contributed by atoms with Crippen molar-refractivity contribution in [1.29, 1.82) is 0 Å². The van der Waals surface area contributed by atoms with Gasteiger partial charge in [-0.15, -0.1) is 11.3 Å². The number of unbranched alkanes of at least 4 members (excludes halogenated alkanes) is 2. The van der Waals surface area contributed by atoms with Crippen molar-refractivity contribution in [3.05, 3.63) is 42.2 Å².